The van der Waals surface area contributed by atoms with Crippen molar-refractivity contribution in [1.82, 2.24) is 15.3 Å². The number of imidazole rings is 1. The zero-order valence-corrected chi connectivity index (χ0v) is 12.1. The molecule has 0 aliphatic heterocycles. The average Bonchev–Trinajstić information content (AvgIpc) is 2.66. The van der Waals surface area contributed by atoms with Crippen LogP contribution in [0.1, 0.15) is 31.7 Å². The minimum absolute atomic E-state index is 0.0840. The summed E-state index contributed by atoms with van der Waals surface area (Å²) >= 11 is 0. The Morgan fingerprint density at radius 2 is 2.11 bits per heavy atom. The van der Waals surface area contributed by atoms with Gasteiger partial charge in [-0.15, -0.1) is 0 Å². The molecule has 4 nitrogen and oxygen atoms in total. The average molecular weight is 260 g/mol. The van der Waals surface area contributed by atoms with Crippen molar-refractivity contribution in [2.45, 2.75) is 39.2 Å². The summed E-state index contributed by atoms with van der Waals surface area (Å²) in [6.07, 6.45) is 2.02. The predicted molar refractivity (Wildman–Crippen MR) is 80.3 cm³/mol. The lowest BCUT2D eigenvalue weighted by Crippen LogP contribution is -2.36. The molecule has 0 aliphatic rings. The maximum Gasteiger partial charge on any atom is 0.104 e. The van der Waals surface area contributed by atoms with Gasteiger partial charge < -0.3 is 16.0 Å². The molecule has 1 aromatic carbocycles. The van der Waals surface area contributed by atoms with Crippen molar-refractivity contribution in [3.05, 3.63) is 29.6 Å². The second kappa shape index (κ2) is 5.72. The third kappa shape index (κ3) is 4.33. The van der Waals surface area contributed by atoms with Crippen LogP contribution in [0.25, 0.3) is 11.0 Å². The number of benzene rings is 1. The van der Waals surface area contributed by atoms with Crippen LogP contribution in [0.2, 0.25) is 0 Å². The van der Waals surface area contributed by atoms with Crippen LogP contribution in [0.15, 0.2) is 18.2 Å². The van der Waals surface area contributed by atoms with Gasteiger partial charge in [0.2, 0.25) is 0 Å². The first-order valence-corrected chi connectivity index (χ1v) is 6.89. The number of aromatic nitrogens is 2. The number of nitrogens with zero attached hydrogens (tertiary/aromatic N) is 1. The Morgan fingerprint density at radius 1 is 1.32 bits per heavy atom. The Kier molecular flexibility index (Phi) is 4.22. The Hall–Kier alpha value is -1.39. The van der Waals surface area contributed by atoms with Gasteiger partial charge in [-0.3, -0.25) is 0 Å². The molecule has 4 heteroatoms. The van der Waals surface area contributed by atoms with Crippen LogP contribution in [0.5, 0.6) is 0 Å². The summed E-state index contributed by atoms with van der Waals surface area (Å²) in [5, 5.41) is 3.44. The summed E-state index contributed by atoms with van der Waals surface area (Å²) in [6.45, 7) is 8.05. The fraction of sp³-hybridized carbons (Fsp3) is 0.533. The molecule has 0 amide bonds. The Labute approximate surface area is 114 Å². The topological polar surface area (TPSA) is 66.7 Å². The van der Waals surface area contributed by atoms with Crippen LogP contribution in [0, 0.1) is 6.92 Å². The quantitative estimate of drug-likeness (QED) is 0.697. The van der Waals surface area contributed by atoms with Crippen molar-refractivity contribution in [2.75, 3.05) is 13.1 Å². The zero-order chi connectivity index (χ0) is 13.9. The summed E-state index contributed by atoms with van der Waals surface area (Å²) in [5.41, 5.74) is 9.35. The predicted octanol–water partition coefficient (Wildman–Crippen LogP) is 2.13. The van der Waals surface area contributed by atoms with Crippen molar-refractivity contribution < 1.29 is 0 Å². The molecule has 1 heterocycles. The van der Waals surface area contributed by atoms with Crippen molar-refractivity contribution >= 4 is 11.0 Å². The molecule has 0 atom stereocenters. The van der Waals surface area contributed by atoms with Crippen molar-refractivity contribution in [3.8, 4) is 0 Å². The first kappa shape index (κ1) is 14.0. The molecule has 2 rings (SSSR count). The fourth-order valence-electron chi connectivity index (χ4n) is 2.11. The molecule has 0 bridgehead atoms. The number of nitrogens with two attached hydrogens (primary N) is 1. The van der Waals surface area contributed by atoms with E-state index in [1.54, 1.807) is 0 Å². The first-order chi connectivity index (χ1) is 8.94. The number of fused-ring (bicyclic) bond motifs is 1. The first-order valence-electron chi connectivity index (χ1n) is 6.89. The van der Waals surface area contributed by atoms with E-state index >= 15 is 0 Å². The standard InChI is InChI=1S/C15H24N4/c1-11-18-13-5-4-12(10-14(13)19-11)6-8-17-9-7-15(2,3)16/h4-5,10,17H,6-9,16H2,1-3H3,(H,18,19). The van der Waals surface area contributed by atoms with Gasteiger partial charge in [-0.05, 0) is 64.4 Å². The zero-order valence-electron chi connectivity index (χ0n) is 12.1. The van der Waals surface area contributed by atoms with Gasteiger partial charge in [-0.2, -0.15) is 0 Å². The van der Waals surface area contributed by atoms with Crippen LogP contribution in [-0.2, 0) is 6.42 Å². The van der Waals surface area contributed by atoms with E-state index in [0.29, 0.717) is 0 Å². The summed E-state index contributed by atoms with van der Waals surface area (Å²) in [7, 11) is 0. The molecule has 0 radical (unpaired) electrons. The highest BCUT2D eigenvalue weighted by Crippen LogP contribution is 2.13. The molecular weight excluding hydrogens is 236 g/mol. The summed E-state index contributed by atoms with van der Waals surface area (Å²) in [5.74, 6) is 0.968. The molecule has 4 N–H and O–H groups in total. The summed E-state index contributed by atoms with van der Waals surface area (Å²) in [4.78, 5) is 7.68. The second-order valence-electron chi connectivity index (χ2n) is 5.91. The van der Waals surface area contributed by atoms with Crippen LogP contribution in [-0.4, -0.2) is 28.6 Å². The molecule has 0 unspecified atom stereocenters. The van der Waals surface area contributed by atoms with Crippen molar-refractivity contribution in [1.29, 1.82) is 0 Å². The number of aromatic amines is 1. The van der Waals surface area contributed by atoms with E-state index < -0.39 is 0 Å². The number of H-pyrrole nitrogens is 1. The Morgan fingerprint density at radius 3 is 2.84 bits per heavy atom. The number of nitrogens with one attached hydrogen (secondary N) is 2. The normalized spacial score (nSPS) is 12.2. The molecule has 1 aromatic heterocycles. The largest absolute Gasteiger partial charge is 0.342 e. The van der Waals surface area contributed by atoms with E-state index in [9.17, 15) is 0 Å². The molecule has 0 saturated heterocycles. The van der Waals surface area contributed by atoms with Crippen LogP contribution < -0.4 is 11.1 Å². The van der Waals surface area contributed by atoms with E-state index in [1.807, 2.05) is 6.92 Å². The molecule has 0 spiro atoms. The van der Waals surface area contributed by atoms with Gasteiger partial charge in [0.1, 0.15) is 5.82 Å². The molecule has 104 valence electrons. The smallest absolute Gasteiger partial charge is 0.104 e. The number of rotatable bonds is 6. The van der Waals surface area contributed by atoms with E-state index in [1.165, 1.54) is 5.56 Å². The molecular formula is C15H24N4. The van der Waals surface area contributed by atoms with E-state index in [2.05, 4.69) is 47.3 Å². The van der Waals surface area contributed by atoms with Gasteiger partial charge in [0.25, 0.3) is 0 Å². The third-order valence-corrected chi connectivity index (χ3v) is 3.20. The highest BCUT2D eigenvalue weighted by atomic mass is 14.9. The van der Waals surface area contributed by atoms with Gasteiger partial charge >= 0.3 is 0 Å². The monoisotopic (exact) mass is 260 g/mol. The third-order valence-electron chi connectivity index (χ3n) is 3.20. The van der Waals surface area contributed by atoms with E-state index in [-0.39, 0.29) is 5.54 Å². The van der Waals surface area contributed by atoms with E-state index in [0.717, 1.165) is 42.8 Å². The highest BCUT2D eigenvalue weighted by Gasteiger charge is 2.08. The van der Waals surface area contributed by atoms with Gasteiger partial charge in [0, 0.05) is 5.54 Å². The maximum atomic E-state index is 5.94. The maximum absolute atomic E-state index is 5.94. The highest BCUT2D eigenvalue weighted by molar-refractivity contribution is 5.75. The summed E-state index contributed by atoms with van der Waals surface area (Å²) in [6, 6.07) is 6.41. The SMILES string of the molecule is Cc1nc2ccc(CCNCCC(C)(C)N)cc2[nH]1. The van der Waals surface area contributed by atoms with Crippen molar-refractivity contribution in [3.63, 3.8) is 0 Å². The van der Waals surface area contributed by atoms with Crippen LogP contribution >= 0.6 is 0 Å². The molecule has 2 aromatic rings. The minimum atomic E-state index is -0.0840. The number of hydrogen-bond donors (Lipinski definition) is 3. The van der Waals surface area contributed by atoms with E-state index in [4.69, 9.17) is 5.73 Å². The second-order valence-corrected chi connectivity index (χ2v) is 5.91. The lowest BCUT2D eigenvalue weighted by molar-refractivity contribution is 0.456. The molecule has 0 fully saturated rings. The van der Waals surface area contributed by atoms with Gasteiger partial charge in [-0.1, -0.05) is 6.07 Å². The Bertz CT molecular complexity index is 537. The molecule has 19 heavy (non-hydrogen) atoms. The number of hydrogen-bond acceptors (Lipinski definition) is 3. The van der Waals surface area contributed by atoms with Crippen LogP contribution in [0.4, 0.5) is 0 Å². The lowest BCUT2D eigenvalue weighted by Gasteiger charge is -2.18. The van der Waals surface area contributed by atoms with Crippen LogP contribution in [0.3, 0.4) is 0 Å². The molecule has 0 aliphatic carbocycles. The van der Waals surface area contributed by atoms with Gasteiger partial charge in [0.15, 0.2) is 0 Å². The summed E-state index contributed by atoms with van der Waals surface area (Å²) < 4.78 is 0. The van der Waals surface area contributed by atoms with Gasteiger partial charge in [0.05, 0.1) is 11.0 Å². The van der Waals surface area contributed by atoms with Crippen molar-refractivity contribution in [2.24, 2.45) is 5.73 Å². The Balaban J connectivity index is 1.81. The number of aryl methyl sites for hydroxylation is 1. The molecule has 0 saturated carbocycles. The minimum Gasteiger partial charge on any atom is -0.342 e. The van der Waals surface area contributed by atoms with Gasteiger partial charge in [-0.25, -0.2) is 4.98 Å². The lowest BCUT2D eigenvalue weighted by atomic mass is 10.0. The fourth-order valence-corrected chi connectivity index (χ4v) is 2.11.